The predicted molar refractivity (Wildman–Crippen MR) is 83.0 cm³/mol. The van der Waals surface area contributed by atoms with Gasteiger partial charge in [-0.1, -0.05) is 27.5 Å². The molecular formula is C15H10BrClN2O. The number of aryl methyl sites for hydroxylation is 1. The largest absolute Gasteiger partial charge is 0.321 e. The van der Waals surface area contributed by atoms with E-state index < -0.39 is 0 Å². The van der Waals surface area contributed by atoms with Crippen LogP contribution in [0, 0.1) is 18.3 Å². The standard InChI is InChI=1S/C15H10BrClN2O/c1-9-4-11(6-12(16)5-9)15(20)19-14-7-13(17)3-2-10(14)8-18/h2-7H,1H3,(H,19,20). The van der Waals surface area contributed by atoms with E-state index in [1.807, 2.05) is 19.1 Å². The van der Waals surface area contributed by atoms with Crippen LogP contribution in [-0.4, -0.2) is 5.91 Å². The molecule has 0 heterocycles. The maximum absolute atomic E-state index is 12.2. The number of nitrogens with zero attached hydrogens (tertiary/aromatic N) is 1. The first-order chi connectivity index (χ1) is 9.49. The molecule has 2 rings (SSSR count). The molecule has 0 saturated carbocycles. The number of benzene rings is 2. The second-order valence-electron chi connectivity index (χ2n) is 4.27. The van der Waals surface area contributed by atoms with Crippen molar-refractivity contribution in [2.75, 3.05) is 5.32 Å². The lowest BCUT2D eigenvalue weighted by Gasteiger charge is -2.08. The highest BCUT2D eigenvalue weighted by atomic mass is 79.9. The number of rotatable bonds is 2. The molecule has 0 aliphatic heterocycles. The van der Waals surface area contributed by atoms with Crippen molar-refractivity contribution in [1.29, 1.82) is 5.26 Å². The van der Waals surface area contributed by atoms with E-state index in [0.717, 1.165) is 10.0 Å². The highest BCUT2D eigenvalue weighted by Crippen LogP contribution is 2.22. The lowest BCUT2D eigenvalue weighted by Crippen LogP contribution is -2.13. The first-order valence-corrected chi connectivity index (χ1v) is 6.95. The molecule has 1 amide bonds. The number of hydrogen-bond acceptors (Lipinski definition) is 2. The number of amides is 1. The fraction of sp³-hybridized carbons (Fsp3) is 0.0667. The SMILES string of the molecule is Cc1cc(Br)cc(C(=O)Nc2cc(Cl)ccc2C#N)c1. The molecule has 0 radical (unpaired) electrons. The van der Waals surface area contributed by atoms with Crippen LogP contribution < -0.4 is 5.32 Å². The summed E-state index contributed by atoms with van der Waals surface area (Å²) >= 11 is 9.24. The zero-order chi connectivity index (χ0) is 14.7. The van der Waals surface area contributed by atoms with Crippen LogP contribution in [0.1, 0.15) is 21.5 Å². The van der Waals surface area contributed by atoms with Crippen molar-refractivity contribution in [3.63, 3.8) is 0 Å². The van der Waals surface area contributed by atoms with Crippen molar-refractivity contribution in [1.82, 2.24) is 0 Å². The smallest absolute Gasteiger partial charge is 0.255 e. The van der Waals surface area contributed by atoms with Gasteiger partial charge in [-0.3, -0.25) is 4.79 Å². The Hall–Kier alpha value is -1.83. The maximum atomic E-state index is 12.2. The summed E-state index contributed by atoms with van der Waals surface area (Å²) in [5.74, 6) is -0.284. The van der Waals surface area contributed by atoms with Crippen molar-refractivity contribution in [2.45, 2.75) is 6.92 Å². The molecule has 0 fully saturated rings. The number of carbonyl (C=O) groups is 1. The lowest BCUT2D eigenvalue weighted by molar-refractivity contribution is 0.102. The van der Waals surface area contributed by atoms with Gasteiger partial charge < -0.3 is 5.32 Å². The predicted octanol–water partition coefficient (Wildman–Crippen LogP) is 4.53. The Balaban J connectivity index is 2.32. The number of carbonyl (C=O) groups excluding carboxylic acids is 1. The molecule has 0 atom stereocenters. The van der Waals surface area contributed by atoms with Crippen LogP contribution in [0.3, 0.4) is 0 Å². The van der Waals surface area contributed by atoms with Gasteiger partial charge in [-0.15, -0.1) is 0 Å². The van der Waals surface area contributed by atoms with Gasteiger partial charge in [0.1, 0.15) is 6.07 Å². The Bertz CT molecular complexity index is 702. The summed E-state index contributed by atoms with van der Waals surface area (Å²) < 4.78 is 0.828. The quantitative estimate of drug-likeness (QED) is 0.865. The number of hydrogen-bond donors (Lipinski definition) is 1. The topological polar surface area (TPSA) is 52.9 Å². The fourth-order valence-corrected chi connectivity index (χ4v) is 2.56. The molecule has 0 aliphatic carbocycles. The Morgan fingerprint density at radius 2 is 2.05 bits per heavy atom. The van der Waals surface area contributed by atoms with E-state index in [1.54, 1.807) is 30.3 Å². The van der Waals surface area contributed by atoms with Gasteiger partial charge in [-0.25, -0.2) is 0 Å². The average molecular weight is 350 g/mol. The van der Waals surface area contributed by atoms with Crippen molar-refractivity contribution in [3.8, 4) is 6.07 Å². The molecule has 0 spiro atoms. The van der Waals surface area contributed by atoms with Gasteiger partial charge in [-0.05, 0) is 48.9 Å². The van der Waals surface area contributed by atoms with Gasteiger partial charge >= 0.3 is 0 Å². The van der Waals surface area contributed by atoms with Gasteiger partial charge in [-0.2, -0.15) is 5.26 Å². The molecule has 0 bridgehead atoms. The van der Waals surface area contributed by atoms with Crippen molar-refractivity contribution < 1.29 is 4.79 Å². The Morgan fingerprint density at radius 3 is 2.70 bits per heavy atom. The van der Waals surface area contributed by atoms with Crippen LogP contribution in [0.4, 0.5) is 5.69 Å². The van der Waals surface area contributed by atoms with Gasteiger partial charge in [0.15, 0.2) is 0 Å². The Kier molecular flexibility index (Phi) is 4.43. The summed E-state index contributed by atoms with van der Waals surface area (Å²) in [5.41, 5.74) is 2.26. The second-order valence-corrected chi connectivity index (χ2v) is 5.63. The monoisotopic (exact) mass is 348 g/mol. The van der Waals surface area contributed by atoms with Gasteiger partial charge in [0, 0.05) is 15.1 Å². The lowest BCUT2D eigenvalue weighted by atomic mass is 10.1. The molecule has 3 nitrogen and oxygen atoms in total. The number of nitriles is 1. The van der Waals surface area contributed by atoms with Crippen LogP contribution in [0.25, 0.3) is 0 Å². The molecule has 2 aromatic rings. The van der Waals surface area contributed by atoms with E-state index in [9.17, 15) is 4.79 Å². The molecular weight excluding hydrogens is 340 g/mol. The zero-order valence-corrected chi connectivity index (χ0v) is 12.9. The van der Waals surface area contributed by atoms with Crippen LogP contribution in [0.15, 0.2) is 40.9 Å². The summed E-state index contributed by atoms with van der Waals surface area (Å²) in [6.07, 6.45) is 0. The van der Waals surface area contributed by atoms with Crippen molar-refractivity contribution in [2.24, 2.45) is 0 Å². The van der Waals surface area contributed by atoms with Gasteiger partial charge in [0.2, 0.25) is 0 Å². The summed E-state index contributed by atoms with van der Waals surface area (Å²) in [7, 11) is 0. The van der Waals surface area contributed by atoms with E-state index >= 15 is 0 Å². The average Bonchev–Trinajstić information content (AvgIpc) is 2.37. The summed E-state index contributed by atoms with van der Waals surface area (Å²) in [4.78, 5) is 12.2. The van der Waals surface area contributed by atoms with Gasteiger partial charge in [0.25, 0.3) is 5.91 Å². The minimum Gasteiger partial charge on any atom is -0.321 e. The van der Waals surface area contributed by atoms with Crippen molar-refractivity contribution in [3.05, 3.63) is 62.6 Å². The summed E-state index contributed by atoms with van der Waals surface area (Å²) in [5, 5.41) is 12.2. The van der Waals surface area contributed by atoms with E-state index in [4.69, 9.17) is 16.9 Å². The van der Waals surface area contributed by atoms with Crippen LogP contribution in [0.5, 0.6) is 0 Å². The van der Waals surface area contributed by atoms with Gasteiger partial charge in [0.05, 0.1) is 11.3 Å². The summed E-state index contributed by atoms with van der Waals surface area (Å²) in [6.45, 7) is 1.90. The van der Waals surface area contributed by atoms with E-state index in [2.05, 4.69) is 21.2 Å². The maximum Gasteiger partial charge on any atom is 0.255 e. The third kappa shape index (κ3) is 3.38. The van der Waals surface area contributed by atoms with E-state index in [0.29, 0.717) is 21.8 Å². The minimum atomic E-state index is -0.284. The molecule has 0 aliphatic rings. The van der Waals surface area contributed by atoms with Crippen LogP contribution in [-0.2, 0) is 0 Å². The van der Waals surface area contributed by atoms with E-state index in [1.165, 1.54) is 0 Å². The first-order valence-electron chi connectivity index (χ1n) is 5.78. The zero-order valence-electron chi connectivity index (χ0n) is 10.6. The molecule has 100 valence electrons. The molecule has 2 aromatic carbocycles. The normalized spacial score (nSPS) is 9.90. The molecule has 1 N–H and O–H groups in total. The molecule has 20 heavy (non-hydrogen) atoms. The number of nitrogens with one attached hydrogen (secondary N) is 1. The third-order valence-electron chi connectivity index (χ3n) is 2.65. The number of anilines is 1. The molecule has 0 unspecified atom stereocenters. The second kappa shape index (κ2) is 6.08. The third-order valence-corrected chi connectivity index (χ3v) is 3.35. The fourth-order valence-electron chi connectivity index (χ4n) is 1.78. The Morgan fingerprint density at radius 1 is 1.30 bits per heavy atom. The molecule has 0 aromatic heterocycles. The summed E-state index contributed by atoms with van der Waals surface area (Å²) in [6, 6.07) is 12.2. The van der Waals surface area contributed by atoms with Crippen LogP contribution in [0.2, 0.25) is 5.02 Å². The van der Waals surface area contributed by atoms with Crippen LogP contribution >= 0.6 is 27.5 Å². The highest BCUT2D eigenvalue weighted by molar-refractivity contribution is 9.10. The van der Waals surface area contributed by atoms with E-state index in [-0.39, 0.29) is 5.91 Å². The van der Waals surface area contributed by atoms with Crippen molar-refractivity contribution >= 4 is 39.1 Å². The molecule has 5 heteroatoms. The Labute approximate surface area is 130 Å². The highest BCUT2D eigenvalue weighted by Gasteiger charge is 2.10. The minimum absolute atomic E-state index is 0.284. The first kappa shape index (κ1) is 14.6. The number of halogens is 2. The molecule has 0 saturated heterocycles.